The van der Waals surface area contributed by atoms with Crippen LogP contribution in [0.5, 0.6) is 0 Å². The molecule has 6 nitrogen and oxygen atoms in total. The van der Waals surface area contributed by atoms with Gasteiger partial charge in [-0.25, -0.2) is 13.2 Å². The summed E-state index contributed by atoms with van der Waals surface area (Å²) in [6.45, 7) is 1.33. The molecule has 0 spiro atoms. The molecule has 0 radical (unpaired) electrons. The van der Waals surface area contributed by atoms with Crippen LogP contribution in [-0.2, 0) is 10.0 Å². The van der Waals surface area contributed by atoms with Crippen molar-refractivity contribution in [2.75, 3.05) is 19.6 Å². The lowest BCUT2D eigenvalue weighted by atomic mass is 9.97. The Morgan fingerprint density at radius 3 is 2.33 bits per heavy atom. The number of carbonyl (C=O) groups is 1. The number of nitrogens with zero attached hydrogens (tertiary/aromatic N) is 1. The molecule has 3 rings (SSSR count). The molecule has 172 valence electrons. The summed E-state index contributed by atoms with van der Waals surface area (Å²) in [6, 6.07) is 6.62. The molecule has 1 atom stereocenters. The van der Waals surface area contributed by atoms with E-state index in [4.69, 9.17) is 11.6 Å². The van der Waals surface area contributed by atoms with E-state index in [-0.39, 0.29) is 42.8 Å². The van der Waals surface area contributed by atoms with Crippen molar-refractivity contribution in [3.63, 3.8) is 0 Å². The van der Waals surface area contributed by atoms with Gasteiger partial charge < -0.3 is 10.6 Å². The minimum atomic E-state index is -3.60. The molecule has 30 heavy (non-hydrogen) atoms. The van der Waals surface area contributed by atoms with Gasteiger partial charge in [0.15, 0.2) is 0 Å². The van der Waals surface area contributed by atoms with Crippen molar-refractivity contribution in [3.05, 3.63) is 29.3 Å². The normalized spacial score (nSPS) is 20.9. The fourth-order valence-electron chi connectivity index (χ4n) is 4.05. The summed E-state index contributed by atoms with van der Waals surface area (Å²) < 4.78 is 27.1. The summed E-state index contributed by atoms with van der Waals surface area (Å²) in [5, 5.41) is 6.26. The largest absolute Gasteiger partial charge is 0.338 e. The first-order chi connectivity index (χ1) is 13.5. The maximum atomic E-state index is 12.8. The van der Waals surface area contributed by atoms with Crippen molar-refractivity contribution >= 4 is 27.7 Å². The number of nitrogens with one attached hydrogen (secondary N) is 2. The van der Waals surface area contributed by atoms with Gasteiger partial charge in [-0.3, -0.25) is 0 Å². The van der Waals surface area contributed by atoms with Crippen LogP contribution in [-0.4, -0.2) is 44.4 Å². The summed E-state index contributed by atoms with van der Waals surface area (Å²) in [6.07, 6.45) is 8.95. The number of rotatable bonds is 5. The Morgan fingerprint density at radius 1 is 1.03 bits per heavy atom. The van der Waals surface area contributed by atoms with Gasteiger partial charge in [-0.1, -0.05) is 70.7 Å². The third-order valence-electron chi connectivity index (χ3n) is 5.69. The van der Waals surface area contributed by atoms with E-state index in [1.807, 2.05) is 0 Å². The Morgan fingerprint density at radius 2 is 1.67 bits per heavy atom. The van der Waals surface area contributed by atoms with E-state index in [0.29, 0.717) is 19.6 Å². The van der Waals surface area contributed by atoms with Gasteiger partial charge in [0.2, 0.25) is 10.0 Å². The van der Waals surface area contributed by atoms with Crippen molar-refractivity contribution < 1.29 is 13.2 Å². The molecular weight excluding hydrogens is 422 g/mol. The smallest absolute Gasteiger partial charge is 0.315 e. The second-order valence-electron chi connectivity index (χ2n) is 7.84. The highest BCUT2D eigenvalue weighted by molar-refractivity contribution is 7.89. The van der Waals surface area contributed by atoms with Gasteiger partial charge in [0.05, 0.1) is 5.02 Å². The minimum Gasteiger partial charge on any atom is -0.338 e. The Balaban J connectivity index is 0.00000225. The number of carbonyl (C=O) groups excluding carboxylic acids is 1. The standard InChI is InChI=1S/C20H30ClN3O3S.2CH4/c21-18-10-6-7-11-19(18)28(26,27)24-13-12-16(15-24)14-22-20(25)23-17-8-4-2-1-3-5-9-17;;/h6-7,10-11,16-17H,1-5,8-9,12-15H2,(H2,22,23,25);2*1H4. The summed E-state index contributed by atoms with van der Waals surface area (Å²) in [7, 11) is -3.60. The lowest BCUT2D eigenvalue weighted by Crippen LogP contribution is -2.44. The van der Waals surface area contributed by atoms with Gasteiger partial charge >= 0.3 is 6.03 Å². The molecule has 0 aromatic heterocycles. The maximum Gasteiger partial charge on any atom is 0.315 e. The molecule has 1 heterocycles. The van der Waals surface area contributed by atoms with Crippen molar-refractivity contribution in [1.29, 1.82) is 0 Å². The van der Waals surface area contributed by atoms with Crippen LogP contribution in [0, 0.1) is 5.92 Å². The molecule has 0 bridgehead atoms. The second-order valence-corrected chi connectivity index (χ2v) is 10.2. The van der Waals surface area contributed by atoms with Crippen LogP contribution in [0.2, 0.25) is 5.02 Å². The van der Waals surface area contributed by atoms with Crippen LogP contribution in [0.3, 0.4) is 0 Å². The lowest BCUT2D eigenvalue weighted by molar-refractivity contribution is 0.232. The number of hydrogen-bond acceptors (Lipinski definition) is 3. The second kappa shape index (κ2) is 12.5. The highest BCUT2D eigenvalue weighted by Gasteiger charge is 2.33. The molecule has 1 aliphatic carbocycles. The van der Waals surface area contributed by atoms with Gasteiger partial charge in [-0.2, -0.15) is 4.31 Å². The first-order valence-corrected chi connectivity index (χ1v) is 12.1. The Labute approximate surface area is 187 Å². The summed E-state index contributed by atoms with van der Waals surface area (Å²) >= 11 is 6.07. The van der Waals surface area contributed by atoms with E-state index in [9.17, 15) is 13.2 Å². The SMILES string of the molecule is C.C.O=C(NCC1CCN(S(=O)(=O)c2ccccc2Cl)C1)NC1CCCCCCC1. The quantitative estimate of drug-likeness (QED) is 0.647. The lowest BCUT2D eigenvalue weighted by Gasteiger charge is -2.22. The molecule has 1 aliphatic heterocycles. The third-order valence-corrected chi connectivity index (χ3v) is 8.06. The highest BCUT2D eigenvalue weighted by Crippen LogP contribution is 2.28. The maximum absolute atomic E-state index is 12.8. The summed E-state index contributed by atoms with van der Waals surface area (Å²) in [5.41, 5.74) is 0. The van der Waals surface area contributed by atoms with Gasteiger partial charge in [0.25, 0.3) is 0 Å². The molecule has 1 saturated carbocycles. The summed E-state index contributed by atoms with van der Waals surface area (Å²) in [5.74, 6) is 0.111. The fourth-order valence-corrected chi connectivity index (χ4v) is 6.07. The van der Waals surface area contributed by atoms with Crippen molar-refractivity contribution in [2.45, 2.75) is 77.2 Å². The predicted octanol–water partition coefficient (Wildman–Crippen LogP) is 5.03. The van der Waals surface area contributed by atoms with Gasteiger partial charge in [-0.15, -0.1) is 0 Å². The molecule has 1 aromatic carbocycles. The van der Waals surface area contributed by atoms with Crippen LogP contribution < -0.4 is 10.6 Å². The number of sulfonamides is 1. The van der Waals surface area contributed by atoms with Crippen LogP contribution in [0.1, 0.15) is 66.2 Å². The molecular formula is C22H38ClN3O3S. The van der Waals surface area contributed by atoms with Gasteiger partial charge in [-0.05, 0) is 37.3 Å². The van der Waals surface area contributed by atoms with Crippen LogP contribution in [0.4, 0.5) is 4.79 Å². The van der Waals surface area contributed by atoms with Crippen LogP contribution in [0.15, 0.2) is 29.2 Å². The van der Waals surface area contributed by atoms with Crippen LogP contribution >= 0.6 is 11.6 Å². The molecule has 2 N–H and O–H groups in total. The van der Waals surface area contributed by atoms with Gasteiger partial charge in [0.1, 0.15) is 4.90 Å². The average molecular weight is 460 g/mol. The minimum absolute atomic E-state index is 0. The molecule has 2 amide bonds. The van der Waals surface area contributed by atoms with Crippen LogP contribution in [0.25, 0.3) is 0 Å². The molecule has 2 aliphatic rings. The van der Waals surface area contributed by atoms with E-state index in [1.165, 1.54) is 42.5 Å². The molecule has 1 unspecified atom stereocenters. The fraction of sp³-hybridized carbons (Fsp3) is 0.682. The molecule has 1 saturated heterocycles. The average Bonchev–Trinajstić information content (AvgIpc) is 3.12. The number of urea groups is 1. The Bertz CT molecular complexity index is 765. The molecule has 1 aromatic rings. The predicted molar refractivity (Wildman–Crippen MR) is 124 cm³/mol. The van der Waals surface area contributed by atoms with Crippen molar-refractivity contribution in [3.8, 4) is 0 Å². The zero-order chi connectivity index (χ0) is 20.0. The number of amides is 2. The Hall–Kier alpha value is -1.31. The number of halogens is 1. The number of hydrogen-bond donors (Lipinski definition) is 2. The van der Waals surface area contributed by atoms with E-state index in [1.54, 1.807) is 18.2 Å². The number of benzene rings is 1. The first-order valence-electron chi connectivity index (χ1n) is 10.3. The zero-order valence-corrected chi connectivity index (χ0v) is 17.8. The monoisotopic (exact) mass is 459 g/mol. The highest BCUT2D eigenvalue weighted by atomic mass is 35.5. The van der Waals surface area contributed by atoms with E-state index >= 15 is 0 Å². The van der Waals surface area contributed by atoms with E-state index in [0.717, 1.165) is 19.3 Å². The van der Waals surface area contributed by atoms with E-state index < -0.39 is 10.0 Å². The molecule has 2 fully saturated rings. The van der Waals surface area contributed by atoms with Crippen molar-refractivity contribution in [1.82, 2.24) is 14.9 Å². The first kappa shape index (κ1) is 26.7. The third kappa shape index (κ3) is 7.13. The Kier molecular flexibility index (Phi) is 11.2. The summed E-state index contributed by atoms with van der Waals surface area (Å²) in [4.78, 5) is 12.4. The van der Waals surface area contributed by atoms with Gasteiger partial charge in [0, 0.05) is 25.7 Å². The zero-order valence-electron chi connectivity index (χ0n) is 16.2. The van der Waals surface area contributed by atoms with Crippen molar-refractivity contribution in [2.24, 2.45) is 5.92 Å². The topological polar surface area (TPSA) is 78.5 Å². The van der Waals surface area contributed by atoms with E-state index in [2.05, 4.69) is 10.6 Å². The molecule has 8 heteroatoms.